The molecule has 0 aliphatic carbocycles. The summed E-state index contributed by atoms with van der Waals surface area (Å²) in [7, 11) is -3.72. The smallest absolute Gasteiger partial charge is 0.263 e. The third-order valence-corrected chi connectivity index (χ3v) is 5.09. The van der Waals surface area contributed by atoms with Gasteiger partial charge in [0.2, 0.25) is 0 Å². The number of nitrogens with zero attached hydrogens (tertiary/aromatic N) is 2. The minimum atomic E-state index is -3.72. The van der Waals surface area contributed by atoms with Crippen LogP contribution < -0.4 is 10.5 Å². The largest absolute Gasteiger partial charge is 0.399 e. The van der Waals surface area contributed by atoms with Gasteiger partial charge in [-0.3, -0.25) is 4.72 Å². The molecule has 0 atom stereocenters. The van der Waals surface area contributed by atoms with E-state index in [4.69, 9.17) is 5.73 Å². The molecule has 0 saturated carbocycles. The Hall–Kier alpha value is -2.80. The average molecular weight is 342 g/mol. The molecule has 124 valence electrons. The zero-order chi connectivity index (χ0) is 17.3. The predicted molar refractivity (Wildman–Crippen MR) is 94.7 cm³/mol. The molecule has 0 saturated heterocycles. The number of nitrogen functional groups attached to an aromatic ring is 1. The molecule has 6 nitrogen and oxygen atoms in total. The van der Waals surface area contributed by atoms with Crippen molar-refractivity contribution < 1.29 is 8.42 Å². The van der Waals surface area contributed by atoms with E-state index in [-0.39, 0.29) is 4.90 Å². The average Bonchev–Trinajstić information content (AvgIpc) is 2.95. The van der Waals surface area contributed by atoms with Crippen molar-refractivity contribution in [2.75, 3.05) is 10.5 Å². The highest BCUT2D eigenvalue weighted by Crippen LogP contribution is 2.24. The zero-order valence-corrected chi connectivity index (χ0v) is 14.2. The molecule has 0 aliphatic rings. The number of para-hydroxylation sites is 1. The Kier molecular flexibility index (Phi) is 4.02. The van der Waals surface area contributed by atoms with Gasteiger partial charge in [-0.05, 0) is 49.2 Å². The minimum absolute atomic E-state index is 0.144. The highest BCUT2D eigenvalue weighted by Gasteiger charge is 2.18. The van der Waals surface area contributed by atoms with Gasteiger partial charge in [0, 0.05) is 11.8 Å². The Labute approximate surface area is 141 Å². The number of hydrogen-bond acceptors (Lipinski definition) is 4. The van der Waals surface area contributed by atoms with Crippen molar-refractivity contribution >= 4 is 21.5 Å². The normalized spacial score (nSPS) is 11.4. The summed E-state index contributed by atoms with van der Waals surface area (Å²) in [6.45, 7) is 3.92. The van der Waals surface area contributed by atoms with E-state index in [0.717, 1.165) is 16.8 Å². The molecular formula is C17H18N4O2S. The molecule has 1 aromatic heterocycles. The van der Waals surface area contributed by atoms with Gasteiger partial charge in [0.25, 0.3) is 10.0 Å². The molecule has 1 heterocycles. The SMILES string of the molecule is Cc1cccc(C)c1-n1nccc1NS(=O)(=O)c1ccc(N)cc1. The lowest BCUT2D eigenvalue weighted by atomic mass is 10.1. The number of anilines is 2. The number of aryl methyl sites for hydroxylation is 2. The number of rotatable bonds is 4. The number of sulfonamides is 1. The molecule has 3 aromatic rings. The maximum atomic E-state index is 12.6. The second-order valence-electron chi connectivity index (χ2n) is 5.54. The van der Waals surface area contributed by atoms with Crippen molar-refractivity contribution in [3.63, 3.8) is 0 Å². The van der Waals surface area contributed by atoms with E-state index in [1.165, 1.54) is 12.1 Å². The highest BCUT2D eigenvalue weighted by atomic mass is 32.2. The summed E-state index contributed by atoms with van der Waals surface area (Å²) >= 11 is 0. The molecule has 7 heteroatoms. The molecule has 0 amide bonds. The fourth-order valence-corrected chi connectivity index (χ4v) is 3.58. The third-order valence-electron chi connectivity index (χ3n) is 3.72. The standard InChI is InChI=1S/C17H18N4O2S/c1-12-4-3-5-13(2)17(12)21-16(10-11-19-21)20-24(22,23)15-8-6-14(18)7-9-15/h3-11,20H,18H2,1-2H3. The number of benzene rings is 2. The lowest BCUT2D eigenvalue weighted by Gasteiger charge is -2.14. The molecule has 3 rings (SSSR count). The quantitative estimate of drug-likeness (QED) is 0.713. The van der Waals surface area contributed by atoms with Gasteiger partial charge < -0.3 is 5.73 Å². The van der Waals surface area contributed by atoms with Crippen LogP contribution in [0.25, 0.3) is 5.69 Å². The molecule has 0 bridgehead atoms. The van der Waals surface area contributed by atoms with Crippen LogP contribution in [0, 0.1) is 13.8 Å². The van der Waals surface area contributed by atoms with E-state index < -0.39 is 10.0 Å². The van der Waals surface area contributed by atoms with Crippen LogP contribution in [-0.4, -0.2) is 18.2 Å². The van der Waals surface area contributed by atoms with E-state index in [2.05, 4.69) is 9.82 Å². The van der Waals surface area contributed by atoms with E-state index in [1.54, 1.807) is 29.1 Å². The van der Waals surface area contributed by atoms with Crippen LogP contribution in [-0.2, 0) is 10.0 Å². The molecule has 2 aromatic carbocycles. The second kappa shape index (κ2) is 6.01. The van der Waals surface area contributed by atoms with Crippen LogP contribution in [0.5, 0.6) is 0 Å². The molecule has 0 aliphatic heterocycles. The lowest BCUT2D eigenvalue weighted by Crippen LogP contribution is -2.16. The summed E-state index contributed by atoms with van der Waals surface area (Å²) in [5, 5.41) is 4.27. The lowest BCUT2D eigenvalue weighted by molar-refractivity contribution is 0.600. The van der Waals surface area contributed by atoms with Crippen molar-refractivity contribution in [3.8, 4) is 5.69 Å². The Bertz CT molecular complexity index is 956. The van der Waals surface area contributed by atoms with E-state index >= 15 is 0 Å². The maximum Gasteiger partial charge on any atom is 0.263 e. The van der Waals surface area contributed by atoms with Crippen LogP contribution >= 0.6 is 0 Å². The first kappa shape index (κ1) is 16.1. The summed E-state index contributed by atoms with van der Waals surface area (Å²) in [5.41, 5.74) is 8.99. The maximum absolute atomic E-state index is 12.6. The van der Waals surface area contributed by atoms with Crippen LogP contribution in [0.15, 0.2) is 59.6 Å². The molecule has 0 radical (unpaired) electrons. The summed E-state index contributed by atoms with van der Waals surface area (Å²) in [5.74, 6) is 0.379. The molecular weight excluding hydrogens is 324 g/mol. The molecule has 3 N–H and O–H groups in total. The van der Waals surface area contributed by atoms with Gasteiger partial charge in [0.05, 0.1) is 16.8 Å². The Morgan fingerprint density at radius 3 is 2.25 bits per heavy atom. The second-order valence-corrected chi connectivity index (χ2v) is 7.23. The van der Waals surface area contributed by atoms with Gasteiger partial charge in [0.15, 0.2) is 0 Å². The van der Waals surface area contributed by atoms with Crippen molar-refractivity contribution in [1.82, 2.24) is 9.78 Å². The topological polar surface area (TPSA) is 90.0 Å². The van der Waals surface area contributed by atoms with Gasteiger partial charge in [0.1, 0.15) is 5.82 Å². The van der Waals surface area contributed by atoms with Crippen LogP contribution in [0.3, 0.4) is 0 Å². The van der Waals surface area contributed by atoms with Crippen molar-refractivity contribution in [3.05, 3.63) is 65.9 Å². The summed E-state index contributed by atoms with van der Waals surface area (Å²) in [6, 6.07) is 13.5. The summed E-state index contributed by atoms with van der Waals surface area (Å²) < 4.78 is 29.3. The number of aromatic nitrogens is 2. The van der Waals surface area contributed by atoms with Gasteiger partial charge in [-0.25, -0.2) is 13.1 Å². The zero-order valence-electron chi connectivity index (χ0n) is 13.4. The third kappa shape index (κ3) is 2.98. The highest BCUT2D eigenvalue weighted by molar-refractivity contribution is 7.92. The monoisotopic (exact) mass is 342 g/mol. The van der Waals surface area contributed by atoms with Crippen LogP contribution in [0.2, 0.25) is 0 Å². The fraction of sp³-hybridized carbons (Fsp3) is 0.118. The number of nitrogens with two attached hydrogens (primary N) is 1. The predicted octanol–water partition coefficient (Wildman–Crippen LogP) is 2.87. The van der Waals surface area contributed by atoms with Crippen LogP contribution in [0.4, 0.5) is 11.5 Å². The first-order valence-electron chi connectivity index (χ1n) is 7.37. The summed E-state index contributed by atoms with van der Waals surface area (Å²) in [6.07, 6.45) is 1.56. The fourth-order valence-electron chi connectivity index (χ4n) is 2.54. The Morgan fingerprint density at radius 1 is 1.00 bits per heavy atom. The van der Waals surface area contributed by atoms with E-state index in [1.807, 2.05) is 32.0 Å². The van der Waals surface area contributed by atoms with Crippen molar-refractivity contribution in [2.24, 2.45) is 0 Å². The van der Waals surface area contributed by atoms with Crippen LogP contribution in [0.1, 0.15) is 11.1 Å². The van der Waals surface area contributed by atoms with Gasteiger partial charge in [-0.1, -0.05) is 18.2 Å². The Balaban J connectivity index is 2.01. The van der Waals surface area contributed by atoms with Crippen molar-refractivity contribution in [1.29, 1.82) is 0 Å². The van der Waals surface area contributed by atoms with Crippen molar-refractivity contribution in [2.45, 2.75) is 18.7 Å². The molecule has 0 unspecified atom stereocenters. The van der Waals surface area contributed by atoms with Gasteiger partial charge in [-0.15, -0.1) is 0 Å². The Morgan fingerprint density at radius 2 is 1.62 bits per heavy atom. The van der Waals surface area contributed by atoms with Gasteiger partial charge >= 0.3 is 0 Å². The molecule has 0 fully saturated rings. The number of hydrogen-bond donors (Lipinski definition) is 2. The number of nitrogens with one attached hydrogen (secondary N) is 1. The van der Waals surface area contributed by atoms with E-state index in [9.17, 15) is 8.42 Å². The molecule has 24 heavy (non-hydrogen) atoms. The minimum Gasteiger partial charge on any atom is -0.399 e. The summed E-state index contributed by atoms with van der Waals surface area (Å²) in [4.78, 5) is 0.144. The molecule has 0 spiro atoms. The van der Waals surface area contributed by atoms with Gasteiger partial charge in [-0.2, -0.15) is 5.10 Å². The first-order valence-corrected chi connectivity index (χ1v) is 8.86. The van der Waals surface area contributed by atoms with E-state index in [0.29, 0.717) is 11.5 Å². The first-order chi connectivity index (χ1) is 11.4.